The smallest absolute Gasteiger partial charge is 0.237 e. The lowest BCUT2D eigenvalue weighted by atomic mass is 9.82. The van der Waals surface area contributed by atoms with Crippen LogP contribution >= 0.6 is 0 Å². The maximum absolute atomic E-state index is 6.82. The molecule has 0 bridgehead atoms. The second kappa shape index (κ2) is 15.0. The van der Waals surface area contributed by atoms with Crippen LogP contribution in [0.2, 0.25) is 5.04 Å². The summed E-state index contributed by atoms with van der Waals surface area (Å²) in [6, 6.07) is 30.8. The summed E-state index contributed by atoms with van der Waals surface area (Å²) in [6.45, 7) is 10.8. The number of hydrogen-bond acceptors (Lipinski definition) is 1. The Kier molecular flexibility index (Phi) is 11.7. The van der Waals surface area contributed by atoms with Crippen LogP contribution in [0.5, 0.6) is 0 Å². The lowest BCUT2D eigenvalue weighted by molar-refractivity contribution is 0.176. The molecule has 0 N–H and O–H groups in total. The highest BCUT2D eigenvalue weighted by molar-refractivity contribution is 6.32. The van der Waals surface area contributed by atoms with Crippen molar-refractivity contribution in [1.82, 2.24) is 0 Å². The van der Waals surface area contributed by atoms with Crippen LogP contribution in [0.1, 0.15) is 87.0 Å². The van der Waals surface area contributed by atoms with Crippen molar-refractivity contribution in [3.63, 3.8) is 0 Å². The van der Waals surface area contributed by atoms with Crippen LogP contribution in [0.3, 0.4) is 0 Å². The van der Waals surface area contributed by atoms with Crippen LogP contribution in [0, 0.1) is 6.92 Å². The molecule has 0 amide bonds. The summed E-state index contributed by atoms with van der Waals surface area (Å²) in [6.07, 6.45) is 11.8. The first-order chi connectivity index (χ1) is 17.5. The third-order valence-electron chi connectivity index (χ3n) is 7.00. The van der Waals surface area contributed by atoms with Gasteiger partial charge in [-0.2, -0.15) is 0 Å². The monoisotopic (exact) mass is 496 g/mol. The van der Waals surface area contributed by atoms with Crippen molar-refractivity contribution in [1.29, 1.82) is 0 Å². The fraction of sp³-hybridized carbons (Fsp3) is 0.412. The summed E-state index contributed by atoms with van der Waals surface area (Å²) < 4.78 is 6.82. The van der Waals surface area contributed by atoms with Crippen molar-refractivity contribution in [3.05, 3.63) is 120 Å². The van der Waals surface area contributed by atoms with Crippen molar-refractivity contribution in [2.45, 2.75) is 89.2 Å². The molecular weight excluding hydrogens is 452 g/mol. The average molecular weight is 497 g/mol. The highest BCUT2D eigenvalue weighted by Gasteiger charge is 2.34. The second-order valence-electron chi connectivity index (χ2n) is 10.6. The Balaban J connectivity index is 1.69. The van der Waals surface area contributed by atoms with E-state index >= 15 is 0 Å². The highest BCUT2D eigenvalue weighted by Crippen LogP contribution is 2.46. The SMILES string of the molecule is C=CCCCCCCC(CCc1cccc(C)c1)O[Si]C(C)(C)C(c1ccccc1)c1ccccc1. The Morgan fingerprint density at radius 2 is 1.44 bits per heavy atom. The molecule has 3 aromatic rings. The number of hydrogen-bond donors (Lipinski definition) is 0. The van der Waals surface area contributed by atoms with E-state index in [0.717, 1.165) is 25.7 Å². The van der Waals surface area contributed by atoms with E-state index in [2.05, 4.69) is 112 Å². The Morgan fingerprint density at radius 1 is 0.806 bits per heavy atom. The zero-order valence-corrected chi connectivity index (χ0v) is 23.6. The molecule has 0 fully saturated rings. The first-order valence-corrected chi connectivity index (χ1v) is 14.6. The van der Waals surface area contributed by atoms with Crippen molar-refractivity contribution in [2.24, 2.45) is 0 Å². The largest absolute Gasteiger partial charge is 0.414 e. The topological polar surface area (TPSA) is 9.23 Å². The number of allylic oxidation sites excluding steroid dienone is 1. The predicted molar refractivity (Wildman–Crippen MR) is 157 cm³/mol. The average Bonchev–Trinajstić information content (AvgIpc) is 2.88. The molecule has 3 aromatic carbocycles. The molecule has 0 heterocycles. The molecule has 3 rings (SSSR count). The van der Waals surface area contributed by atoms with Crippen LogP contribution < -0.4 is 0 Å². The second-order valence-corrected chi connectivity index (χ2v) is 12.4. The van der Waals surface area contributed by atoms with Crippen molar-refractivity contribution in [2.75, 3.05) is 0 Å². The van der Waals surface area contributed by atoms with E-state index < -0.39 is 0 Å². The molecule has 0 aliphatic heterocycles. The van der Waals surface area contributed by atoms with Gasteiger partial charge in [0.25, 0.3) is 0 Å². The van der Waals surface area contributed by atoms with E-state index in [-0.39, 0.29) is 5.04 Å². The van der Waals surface area contributed by atoms with Gasteiger partial charge in [-0.1, -0.05) is 130 Å². The van der Waals surface area contributed by atoms with Gasteiger partial charge in [0.05, 0.1) is 0 Å². The number of benzene rings is 3. The van der Waals surface area contributed by atoms with Crippen molar-refractivity contribution >= 4 is 9.76 Å². The molecule has 0 aliphatic carbocycles. The predicted octanol–water partition coefficient (Wildman–Crippen LogP) is 9.49. The number of aryl methyl sites for hydroxylation is 2. The van der Waals surface area contributed by atoms with Gasteiger partial charge in [0.2, 0.25) is 9.76 Å². The minimum atomic E-state index is -0.00570. The molecule has 36 heavy (non-hydrogen) atoms. The molecule has 2 radical (unpaired) electrons. The van der Waals surface area contributed by atoms with E-state index in [1.807, 2.05) is 6.08 Å². The number of unbranched alkanes of at least 4 members (excludes halogenated alkanes) is 4. The Labute approximate surface area is 223 Å². The molecule has 0 aromatic heterocycles. The van der Waals surface area contributed by atoms with E-state index in [1.165, 1.54) is 47.9 Å². The van der Waals surface area contributed by atoms with Crippen LogP contribution in [0.15, 0.2) is 97.6 Å². The summed E-state index contributed by atoms with van der Waals surface area (Å²) >= 11 is 0. The molecule has 0 spiro atoms. The van der Waals surface area contributed by atoms with Crippen molar-refractivity contribution in [3.8, 4) is 0 Å². The molecule has 1 unspecified atom stereocenters. The summed E-state index contributed by atoms with van der Waals surface area (Å²) in [5.74, 6) is 0.301. The molecule has 2 heteroatoms. The van der Waals surface area contributed by atoms with E-state index in [0.29, 0.717) is 21.8 Å². The van der Waals surface area contributed by atoms with Gasteiger partial charge in [-0.25, -0.2) is 0 Å². The maximum atomic E-state index is 6.82. The fourth-order valence-electron chi connectivity index (χ4n) is 5.08. The molecule has 1 nitrogen and oxygen atoms in total. The maximum Gasteiger partial charge on any atom is 0.237 e. The molecule has 1 atom stereocenters. The molecule has 0 saturated heterocycles. The standard InChI is InChI=1S/C34H44OSi/c1-5-6-7-8-9-16-24-32(26-25-29-19-17-18-28(2)27-29)35-36-34(3,4)33(30-20-12-10-13-21-30)31-22-14-11-15-23-31/h5,10-15,17-23,27,32-33H,1,6-9,16,24-26H2,2-4H3. The number of rotatable bonds is 16. The lowest BCUT2D eigenvalue weighted by Gasteiger charge is -2.35. The van der Waals surface area contributed by atoms with Crippen LogP contribution in [-0.2, 0) is 10.8 Å². The van der Waals surface area contributed by atoms with E-state index in [9.17, 15) is 0 Å². The third-order valence-corrected chi connectivity index (χ3v) is 8.26. The Hall–Kier alpha value is -2.42. The van der Waals surface area contributed by atoms with E-state index in [1.54, 1.807) is 0 Å². The normalized spacial score (nSPS) is 12.6. The van der Waals surface area contributed by atoms with Crippen LogP contribution in [0.25, 0.3) is 0 Å². The first-order valence-electron chi connectivity index (χ1n) is 13.7. The van der Waals surface area contributed by atoms with Crippen molar-refractivity contribution < 1.29 is 4.43 Å². The zero-order chi connectivity index (χ0) is 25.6. The van der Waals surface area contributed by atoms with Crippen LogP contribution in [0.4, 0.5) is 0 Å². The minimum Gasteiger partial charge on any atom is -0.414 e. The first kappa shape index (κ1) is 28.2. The zero-order valence-electron chi connectivity index (χ0n) is 22.6. The Morgan fingerprint density at radius 3 is 2.06 bits per heavy atom. The van der Waals surface area contributed by atoms with Gasteiger partial charge in [-0.15, -0.1) is 6.58 Å². The van der Waals surface area contributed by atoms with Gasteiger partial charge < -0.3 is 4.43 Å². The minimum absolute atomic E-state index is 0.00570. The summed E-state index contributed by atoms with van der Waals surface area (Å²) in [5, 5.41) is -0.00570. The van der Waals surface area contributed by atoms with Crippen LogP contribution in [-0.4, -0.2) is 15.9 Å². The quantitative estimate of drug-likeness (QED) is 0.109. The molecular formula is C34H44OSi. The Bertz CT molecular complexity index is 972. The third kappa shape index (κ3) is 9.22. The van der Waals surface area contributed by atoms with Gasteiger partial charge in [0, 0.05) is 12.0 Å². The summed E-state index contributed by atoms with van der Waals surface area (Å²) in [5.41, 5.74) is 5.49. The van der Waals surface area contributed by atoms with Gasteiger partial charge in [0.15, 0.2) is 0 Å². The fourth-order valence-corrected chi connectivity index (χ4v) is 6.24. The van der Waals surface area contributed by atoms with Gasteiger partial charge >= 0.3 is 0 Å². The molecule has 0 saturated carbocycles. The molecule has 0 aliphatic rings. The summed E-state index contributed by atoms with van der Waals surface area (Å²) in [7, 11) is 0.435. The lowest BCUT2D eigenvalue weighted by Crippen LogP contribution is -2.29. The van der Waals surface area contributed by atoms with Gasteiger partial charge in [0.1, 0.15) is 0 Å². The summed E-state index contributed by atoms with van der Waals surface area (Å²) in [4.78, 5) is 0. The highest BCUT2D eigenvalue weighted by atomic mass is 28.2. The van der Waals surface area contributed by atoms with E-state index in [4.69, 9.17) is 4.43 Å². The van der Waals surface area contributed by atoms with Gasteiger partial charge in [-0.05, 0) is 60.8 Å². The molecule has 190 valence electrons. The van der Waals surface area contributed by atoms with Gasteiger partial charge in [-0.3, -0.25) is 0 Å².